The van der Waals surface area contributed by atoms with Crippen molar-refractivity contribution in [1.29, 1.82) is 0 Å². The largest absolute Gasteiger partial charge is 0.389 e. The normalized spacial score (nSPS) is 16.8. The molecule has 2 N–H and O–H groups in total. The molecule has 1 rings (SSSR count). The number of likely N-dealkylation sites (tertiary alicyclic amines) is 1. The highest BCUT2D eigenvalue weighted by Gasteiger charge is 2.17. The van der Waals surface area contributed by atoms with Crippen molar-refractivity contribution in [1.82, 2.24) is 10.2 Å². The molecule has 0 aromatic heterocycles. The van der Waals surface area contributed by atoms with E-state index in [0.29, 0.717) is 32.7 Å². The van der Waals surface area contributed by atoms with Gasteiger partial charge in [-0.1, -0.05) is 0 Å². The molecule has 0 spiro atoms. The Balaban J connectivity index is 1.93. The molecule has 0 radical (unpaired) electrons. The van der Waals surface area contributed by atoms with Crippen LogP contribution in [0.15, 0.2) is 0 Å². The Hall–Kier alpha value is -0.690. The molecule has 1 aliphatic heterocycles. The number of nitrogens with one attached hydrogen (secondary N) is 1. The first-order chi connectivity index (χ1) is 9.24. The third kappa shape index (κ3) is 7.47. The van der Waals surface area contributed by atoms with Crippen LogP contribution in [0.3, 0.4) is 0 Å². The van der Waals surface area contributed by atoms with E-state index in [1.807, 2.05) is 4.90 Å². The lowest BCUT2D eigenvalue weighted by Crippen LogP contribution is -2.34. The molecule has 1 aliphatic rings. The molecule has 6 heteroatoms. The lowest BCUT2D eigenvalue weighted by Gasteiger charge is -2.16. The van der Waals surface area contributed by atoms with Crippen LogP contribution in [0.2, 0.25) is 0 Å². The summed E-state index contributed by atoms with van der Waals surface area (Å²) >= 11 is 0. The van der Waals surface area contributed by atoms with Gasteiger partial charge in [0.1, 0.15) is 0 Å². The maximum atomic E-state index is 11.7. The fourth-order valence-corrected chi connectivity index (χ4v) is 2.01. The molecule has 6 nitrogen and oxygen atoms in total. The summed E-state index contributed by atoms with van der Waals surface area (Å²) in [5.41, 5.74) is 0. The molecular formula is C13H26N2O4. The molecular weight excluding hydrogens is 248 g/mol. The molecule has 0 aromatic carbocycles. The van der Waals surface area contributed by atoms with E-state index >= 15 is 0 Å². The number of hydrogen-bond donors (Lipinski definition) is 2. The van der Waals surface area contributed by atoms with E-state index < -0.39 is 6.10 Å². The van der Waals surface area contributed by atoms with Gasteiger partial charge in [-0.15, -0.1) is 0 Å². The first kappa shape index (κ1) is 16.4. The third-order valence-electron chi connectivity index (χ3n) is 3.10. The number of amides is 1. The van der Waals surface area contributed by atoms with Gasteiger partial charge in [0, 0.05) is 39.7 Å². The summed E-state index contributed by atoms with van der Waals surface area (Å²) in [5, 5.41) is 12.7. The number of nitrogens with zero attached hydrogens (tertiary/aromatic N) is 1. The zero-order chi connectivity index (χ0) is 13.9. The van der Waals surface area contributed by atoms with Crippen molar-refractivity contribution in [2.75, 3.05) is 53.1 Å². The standard InChI is InChI=1S/C13H26N2O4/c1-18-8-9-19-11-12(16)10-14-5-4-13(17)15-6-2-3-7-15/h12,14,16H,2-11H2,1H3. The summed E-state index contributed by atoms with van der Waals surface area (Å²) in [6, 6.07) is 0. The summed E-state index contributed by atoms with van der Waals surface area (Å²) in [6.45, 7) is 4.15. The van der Waals surface area contributed by atoms with E-state index in [4.69, 9.17) is 9.47 Å². The second-order valence-corrected chi connectivity index (χ2v) is 4.76. The average Bonchev–Trinajstić information content (AvgIpc) is 2.93. The van der Waals surface area contributed by atoms with Gasteiger partial charge >= 0.3 is 0 Å². The van der Waals surface area contributed by atoms with Gasteiger partial charge in [-0.3, -0.25) is 4.79 Å². The van der Waals surface area contributed by atoms with Crippen LogP contribution >= 0.6 is 0 Å². The number of aliphatic hydroxyl groups excluding tert-OH is 1. The van der Waals surface area contributed by atoms with Gasteiger partial charge < -0.3 is 24.8 Å². The highest BCUT2D eigenvalue weighted by molar-refractivity contribution is 5.76. The van der Waals surface area contributed by atoms with E-state index in [1.54, 1.807) is 7.11 Å². The van der Waals surface area contributed by atoms with Crippen LogP contribution in [0.5, 0.6) is 0 Å². The molecule has 0 aromatic rings. The molecule has 1 atom stereocenters. The van der Waals surface area contributed by atoms with Crippen LogP contribution in [-0.4, -0.2) is 75.1 Å². The molecule has 0 saturated carbocycles. The smallest absolute Gasteiger partial charge is 0.223 e. The molecule has 1 unspecified atom stereocenters. The van der Waals surface area contributed by atoms with Gasteiger partial charge in [-0.2, -0.15) is 0 Å². The van der Waals surface area contributed by atoms with Crippen molar-refractivity contribution in [3.63, 3.8) is 0 Å². The Kier molecular flexibility index (Phi) is 8.73. The maximum absolute atomic E-state index is 11.7. The van der Waals surface area contributed by atoms with E-state index in [0.717, 1.165) is 25.9 Å². The van der Waals surface area contributed by atoms with Crippen LogP contribution in [-0.2, 0) is 14.3 Å². The highest BCUT2D eigenvalue weighted by atomic mass is 16.5. The second kappa shape index (κ2) is 10.1. The number of rotatable bonds is 10. The first-order valence-corrected chi connectivity index (χ1v) is 6.97. The summed E-state index contributed by atoms with van der Waals surface area (Å²) in [4.78, 5) is 13.6. The zero-order valence-corrected chi connectivity index (χ0v) is 11.8. The van der Waals surface area contributed by atoms with Gasteiger partial charge in [0.05, 0.1) is 25.9 Å². The summed E-state index contributed by atoms with van der Waals surface area (Å²) in [5.74, 6) is 0.204. The Morgan fingerprint density at radius 3 is 2.79 bits per heavy atom. The van der Waals surface area contributed by atoms with Crippen LogP contribution in [0.1, 0.15) is 19.3 Å². The van der Waals surface area contributed by atoms with Gasteiger partial charge in [-0.05, 0) is 12.8 Å². The Labute approximate surface area is 115 Å². The number of carbonyl (C=O) groups excluding carboxylic acids is 1. The number of aliphatic hydroxyl groups is 1. The third-order valence-corrected chi connectivity index (χ3v) is 3.10. The van der Waals surface area contributed by atoms with Crippen molar-refractivity contribution < 1.29 is 19.4 Å². The first-order valence-electron chi connectivity index (χ1n) is 6.97. The fourth-order valence-electron chi connectivity index (χ4n) is 2.01. The Morgan fingerprint density at radius 2 is 2.11 bits per heavy atom. The SMILES string of the molecule is COCCOCC(O)CNCCC(=O)N1CCCC1. The van der Waals surface area contributed by atoms with Crippen molar-refractivity contribution in [2.45, 2.75) is 25.4 Å². The number of methoxy groups -OCH3 is 1. The van der Waals surface area contributed by atoms with Crippen molar-refractivity contribution in [3.05, 3.63) is 0 Å². The molecule has 1 saturated heterocycles. The van der Waals surface area contributed by atoms with Crippen LogP contribution < -0.4 is 5.32 Å². The Bertz CT molecular complexity index is 245. The van der Waals surface area contributed by atoms with Crippen molar-refractivity contribution >= 4 is 5.91 Å². The molecule has 1 fully saturated rings. The summed E-state index contributed by atoms with van der Waals surface area (Å²) in [7, 11) is 1.61. The molecule has 1 amide bonds. The van der Waals surface area contributed by atoms with E-state index in [-0.39, 0.29) is 12.5 Å². The molecule has 112 valence electrons. The number of carbonyl (C=O) groups is 1. The average molecular weight is 274 g/mol. The predicted octanol–water partition coefficient (Wildman–Crippen LogP) is -0.388. The lowest BCUT2D eigenvalue weighted by molar-refractivity contribution is -0.130. The summed E-state index contributed by atoms with van der Waals surface area (Å²) < 4.78 is 10.0. The molecule has 19 heavy (non-hydrogen) atoms. The fraction of sp³-hybridized carbons (Fsp3) is 0.923. The minimum Gasteiger partial charge on any atom is -0.389 e. The van der Waals surface area contributed by atoms with Gasteiger partial charge in [0.2, 0.25) is 5.91 Å². The highest BCUT2D eigenvalue weighted by Crippen LogP contribution is 2.08. The van der Waals surface area contributed by atoms with Crippen molar-refractivity contribution in [3.8, 4) is 0 Å². The van der Waals surface area contributed by atoms with Crippen LogP contribution in [0, 0.1) is 0 Å². The van der Waals surface area contributed by atoms with E-state index in [9.17, 15) is 9.90 Å². The number of ether oxygens (including phenoxy) is 2. The van der Waals surface area contributed by atoms with Gasteiger partial charge in [0.25, 0.3) is 0 Å². The zero-order valence-electron chi connectivity index (χ0n) is 11.8. The quantitative estimate of drug-likeness (QED) is 0.531. The monoisotopic (exact) mass is 274 g/mol. The number of hydrogen-bond acceptors (Lipinski definition) is 5. The second-order valence-electron chi connectivity index (χ2n) is 4.76. The van der Waals surface area contributed by atoms with E-state index in [1.165, 1.54) is 0 Å². The predicted molar refractivity (Wildman–Crippen MR) is 72.0 cm³/mol. The molecule has 0 aliphatic carbocycles. The topological polar surface area (TPSA) is 71.0 Å². The van der Waals surface area contributed by atoms with Crippen LogP contribution in [0.4, 0.5) is 0 Å². The Morgan fingerprint density at radius 1 is 1.37 bits per heavy atom. The molecule has 0 bridgehead atoms. The summed E-state index contributed by atoms with van der Waals surface area (Å²) in [6.07, 6.45) is 2.20. The minimum absolute atomic E-state index is 0.204. The van der Waals surface area contributed by atoms with E-state index in [2.05, 4.69) is 5.32 Å². The van der Waals surface area contributed by atoms with Crippen LogP contribution in [0.25, 0.3) is 0 Å². The maximum Gasteiger partial charge on any atom is 0.223 e. The lowest BCUT2D eigenvalue weighted by atomic mass is 10.3. The minimum atomic E-state index is -0.543. The van der Waals surface area contributed by atoms with Gasteiger partial charge in [0.15, 0.2) is 0 Å². The van der Waals surface area contributed by atoms with Gasteiger partial charge in [-0.25, -0.2) is 0 Å². The molecule has 1 heterocycles. The van der Waals surface area contributed by atoms with Crippen molar-refractivity contribution in [2.24, 2.45) is 0 Å².